The average Bonchev–Trinajstić information content (AvgIpc) is 2.15. The van der Waals surface area contributed by atoms with Gasteiger partial charge in [0, 0.05) is 0 Å². The molecule has 0 rings (SSSR count). The van der Waals surface area contributed by atoms with Gasteiger partial charge in [-0.25, -0.2) is 8.42 Å². The predicted octanol–water partition coefficient (Wildman–Crippen LogP) is 1.40. The van der Waals surface area contributed by atoms with E-state index in [0.717, 1.165) is 0 Å². The highest BCUT2D eigenvalue weighted by molar-refractivity contribution is 7.92. The average molecular weight is 236 g/mol. The van der Waals surface area contributed by atoms with Crippen molar-refractivity contribution in [2.75, 3.05) is 7.11 Å². The third kappa shape index (κ3) is 3.81. The van der Waals surface area contributed by atoms with Gasteiger partial charge in [0.15, 0.2) is 9.84 Å². The van der Waals surface area contributed by atoms with Crippen LogP contribution in [-0.4, -0.2) is 32.0 Å². The standard InChI is InChI=1S/C10H20O4S/c1-7(2)9(4)15(12,13)8(3)6-10(11)14-5/h7-9H,6H2,1-5H3. The molecule has 0 aliphatic rings. The molecule has 0 saturated carbocycles. The van der Waals surface area contributed by atoms with Crippen molar-refractivity contribution >= 4 is 15.8 Å². The minimum Gasteiger partial charge on any atom is -0.469 e. The first-order valence-electron chi connectivity index (χ1n) is 5.03. The zero-order valence-electron chi connectivity index (χ0n) is 9.98. The van der Waals surface area contributed by atoms with Crippen molar-refractivity contribution in [1.29, 1.82) is 0 Å². The van der Waals surface area contributed by atoms with Crippen LogP contribution in [0.15, 0.2) is 0 Å². The van der Waals surface area contributed by atoms with Gasteiger partial charge in [0.2, 0.25) is 0 Å². The van der Waals surface area contributed by atoms with Crippen molar-refractivity contribution in [1.82, 2.24) is 0 Å². The molecule has 2 atom stereocenters. The Labute approximate surface area is 91.9 Å². The molecule has 5 heteroatoms. The Kier molecular flexibility index (Phi) is 5.28. The van der Waals surface area contributed by atoms with E-state index in [1.165, 1.54) is 7.11 Å². The Hall–Kier alpha value is -0.580. The first-order valence-corrected chi connectivity index (χ1v) is 6.64. The van der Waals surface area contributed by atoms with Crippen LogP contribution in [0.5, 0.6) is 0 Å². The fraction of sp³-hybridized carbons (Fsp3) is 0.900. The van der Waals surface area contributed by atoms with E-state index in [9.17, 15) is 13.2 Å². The maximum Gasteiger partial charge on any atom is 0.306 e. The van der Waals surface area contributed by atoms with E-state index in [1.807, 2.05) is 13.8 Å². The summed E-state index contributed by atoms with van der Waals surface area (Å²) in [6.07, 6.45) is -0.0735. The zero-order chi connectivity index (χ0) is 12.2. The summed E-state index contributed by atoms with van der Waals surface area (Å²) >= 11 is 0. The van der Waals surface area contributed by atoms with Crippen LogP contribution in [0.25, 0.3) is 0 Å². The van der Waals surface area contributed by atoms with E-state index in [-0.39, 0.29) is 12.3 Å². The van der Waals surface area contributed by atoms with E-state index in [2.05, 4.69) is 4.74 Å². The third-order valence-corrected chi connectivity index (χ3v) is 5.57. The van der Waals surface area contributed by atoms with Crippen molar-refractivity contribution < 1.29 is 17.9 Å². The Morgan fingerprint density at radius 3 is 2.00 bits per heavy atom. The Morgan fingerprint density at radius 1 is 1.20 bits per heavy atom. The number of ether oxygens (including phenoxy) is 1. The molecule has 0 heterocycles. The van der Waals surface area contributed by atoms with Gasteiger partial charge in [-0.15, -0.1) is 0 Å². The lowest BCUT2D eigenvalue weighted by atomic mass is 10.2. The molecule has 0 radical (unpaired) electrons. The van der Waals surface area contributed by atoms with Gasteiger partial charge < -0.3 is 4.74 Å². The fourth-order valence-corrected chi connectivity index (χ4v) is 3.04. The second-order valence-electron chi connectivity index (χ2n) is 4.13. The summed E-state index contributed by atoms with van der Waals surface area (Å²) in [5.74, 6) is -0.433. The minimum atomic E-state index is -3.24. The molecule has 0 aromatic heterocycles. The molecule has 0 N–H and O–H groups in total. The highest BCUT2D eigenvalue weighted by atomic mass is 32.2. The van der Waals surface area contributed by atoms with Crippen LogP contribution in [0.3, 0.4) is 0 Å². The van der Waals surface area contributed by atoms with Gasteiger partial charge in [0.1, 0.15) is 0 Å². The number of hydrogen-bond donors (Lipinski definition) is 0. The van der Waals surface area contributed by atoms with Gasteiger partial charge in [0.05, 0.1) is 24.0 Å². The summed E-state index contributed by atoms with van der Waals surface area (Å²) in [5.41, 5.74) is 0. The highest BCUT2D eigenvalue weighted by Gasteiger charge is 2.31. The lowest BCUT2D eigenvalue weighted by molar-refractivity contribution is -0.140. The summed E-state index contributed by atoms with van der Waals surface area (Å²) in [7, 11) is -1.99. The summed E-state index contributed by atoms with van der Waals surface area (Å²) in [5, 5.41) is -1.11. The Balaban J connectivity index is 4.67. The van der Waals surface area contributed by atoms with Crippen molar-refractivity contribution in [3.8, 4) is 0 Å². The molecular formula is C10H20O4S. The molecule has 0 aliphatic carbocycles. The van der Waals surface area contributed by atoms with Crippen LogP contribution in [0.1, 0.15) is 34.1 Å². The molecule has 0 aliphatic heterocycles. The highest BCUT2D eigenvalue weighted by Crippen LogP contribution is 2.19. The van der Waals surface area contributed by atoms with Crippen molar-refractivity contribution in [2.45, 2.75) is 44.6 Å². The quantitative estimate of drug-likeness (QED) is 0.677. The van der Waals surface area contributed by atoms with E-state index in [1.54, 1.807) is 13.8 Å². The zero-order valence-corrected chi connectivity index (χ0v) is 10.8. The summed E-state index contributed by atoms with van der Waals surface area (Å²) in [6, 6.07) is 0. The van der Waals surface area contributed by atoms with Gasteiger partial charge in [-0.3, -0.25) is 4.79 Å². The SMILES string of the molecule is COC(=O)CC(C)S(=O)(=O)C(C)C(C)C. The van der Waals surface area contributed by atoms with Crippen molar-refractivity contribution in [3.63, 3.8) is 0 Å². The molecule has 0 fully saturated rings. The van der Waals surface area contributed by atoms with Crippen molar-refractivity contribution in [2.24, 2.45) is 5.92 Å². The van der Waals surface area contributed by atoms with Gasteiger partial charge >= 0.3 is 5.97 Å². The van der Waals surface area contributed by atoms with E-state index < -0.39 is 26.3 Å². The number of esters is 1. The lowest BCUT2D eigenvalue weighted by Crippen LogP contribution is -2.33. The Morgan fingerprint density at radius 2 is 1.67 bits per heavy atom. The third-order valence-electron chi connectivity index (χ3n) is 2.70. The fourth-order valence-electron chi connectivity index (χ4n) is 1.18. The number of methoxy groups -OCH3 is 1. The van der Waals surface area contributed by atoms with Gasteiger partial charge in [0.25, 0.3) is 0 Å². The molecule has 0 spiro atoms. The Bertz CT molecular complexity index is 305. The number of carbonyl (C=O) groups excluding carboxylic acids is 1. The summed E-state index contributed by atoms with van der Waals surface area (Å²) < 4.78 is 28.3. The smallest absolute Gasteiger partial charge is 0.306 e. The van der Waals surface area contributed by atoms with Crippen LogP contribution in [0.4, 0.5) is 0 Å². The second-order valence-corrected chi connectivity index (χ2v) is 6.86. The molecule has 4 nitrogen and oxygen atoms in total. The molecule has 0 aromatic carbocycles. The van der Waals surface area contributed by atoms with E-state index in [4.69, 9.17) is 0 Å². The molecular weight excluding hydrogens is 216 g/mol. The number of carbonyl (C=O) groups is 1. The molecule has 2 unspecified atom stereocenters. The molecule has 90 valence electrons. The second kappa shape index (κ2) is 5.49. The lowest BCUT2D eigenvalue weighted by Gasteiger charge is -2.20. The topological polar surface area (TPSA) is 60.4 Å². The maximum atomic E-state index is 11.9. The summed E-state index contributed by atoms with van der Waals surface area (Å²) in [6.45, 7) is 6.93. The van der Waals surface area contributed by atoms with Crippen LogP contribution < -0.4 is 0 Å². The first kappa shape index (κ1) is 14.4. The normalized spacial score (nSPS) is 16.1. The molecule has 15 heavy (non-hydrogen) atoms. The number of rotatable bonds is 5. The largest absolute Gasteiger partial charge is 0.469 e. The monoisotopic (exact) mass is 236 g/mol. The van der Waals surface area contributed by atoms with Crippen molar-refractivity contribution in [3.05, 3.63) is 0 Å². The molecule has 0 amide bonds. The van der Waals surface area contributed by atoms with E-state index in [0.29, 0.717) is 0 Å². The van der Waals surface area contributed by atoms with Crippen LogP contribution in [-0.2, 0) is 19.4 Å². The molecule has 0 saturated heterocycles. The number of hydrogen-bond acceptors (Lipinski definition) is 4. The van der Waals surface area contributed by atoms with Gasteiger partial charge in [-0.05, 0) is 19.8 Å². The molecule has 0 aromatic rings. The number of sulfone groups is 1. The van der Waals surface area contributed by atoms with Crippen LogP contribution >= 0.6 is 0 Å². The van der Waals surface area contributed by atoms with E-state index >= 15 is 0 Å². The first-order chi connectivity index (χ1) is 6.73. The van der Waals surface area contributed by atoms with Gasteiger partial charge in [-0.1, -0.05) is 13.8 Å². The maximum absolute atomic E-state index is 11.9. The molecule has 0 bridgehead atoms. The predicted molar refractivity (Wildman–Crippen MR) is 59.3 cm³/mol. The van der Waals surface area contributed by atoms with Gasteiger partial charge in [-0.2, -0.15) is 0 Å². The minimum absolute atomic E-state index is 0.0510. The van der Waals surface area contributed by atoms with Crippen LogP contribution in [0.2, 0.25) is 0 Å². The summed E-state index contributed by atoms with van der Waals surface area (Å²) in [4.78, 5) is 11.0. The van der Waals surface area contributed by atoms with Crippen LogP contribution in [0, 0.1) is 5.92 Å².